The van der Waals surface area contributed by atoms with Crippen molar-refractivity contribution in [2.45, 2.75) is 24.8 Å². The van der Waals surface area contributed by atoms with Crippen LogP contribution in [0.3, 0.4) is 0 Å². The van der Waals surface area contributed by atoms with E-state index in [9.17, 15) is 4.79 Å². The zero-order valence-corrected chi connectivity index (χ0v) is 11.5. The van der Waals surface area contributed by atoms with Crippen LogP contribution < -0.4 is 5.32 Å². The topological polar surface area (TPSA) is 36.8 Å². The molecule has 104 valence electrons. The predicted molar refractivity (Wildman–Crippen MR) is 77.9 cm³/mol. The SMILES string of the molecule is O=C(NC12CCCN(CC1)C2)c1cc2ccccn2c1. The number of aromatic nitrogens is 1. The highest BCUT2D eigenvalue weighted by atomic mass is 16.1. The van der Waals surface area contributed by atoms with Gasteiger partial charge in [0, 0.05) is 31.0 Å². The van der Waals surface area contributed by atoms with Gasteiger partial charge in [-0.1, -0.05) is 6.07 Å². The van der Waals surface area contributed by atoms with E-state index in [-0.39, 0.29) is 11.4 Å². The largest absolute Gasteiger partial charge is 0.345 e. The van der Waals surface area contributed by atoms with E-state index in [0.29, 0.717) is 0 Å². The average molecular weight is 269 g/mol. The minimum absolute atomic E-state index is 0.0173. The summed E-state index contributed by atoms with van der Waals surface area (Å²) in [7, 11) is 0. The molecule has 20 heavy (non-hydrogen) atoms. The lowest BCUT2D eigenvalue weighted by molar-refractivity contribution is 0.0878. The Morgan fingerprint density at radius 3 is 3.10 bits per heavy atom. The number of fused-ring (bicyclic) bond motifs is 3. The third-order valence-corrected chi connectivity index (χ3v) is 4.71. The van der Waals surface area contributed by atoms with E-state index in [0.717, 1.165) is 37.0 Å². The van der Waals surface area contributed by atoms with E-state index in [1.54, 1.807) is 0 Å². The van der Waals surface area contributed by atoms with Crippen LogP contribution in [0.4, 0.5) is 0 Å². The molecule has 0 aromatic carbocycles. The Hall–Kier alpha value is -1.81. The molecule has 2 saturated heterocycles. The maximum absolute atomic E-state index is 12.5. The summed E-state index contributed by atoms with van der Waals surface area (Å²) in [6.07, 6.45) is 7.28. The summed E-state index contributed by atoms with van der Waals surface area (Å²) in [5, 5.41) is 3.31. The minimum atomic E-state index is 0.0173. The molecule has 2 aromatic rings. The fourth-order valence-electron chi connectivity index (χ4n) is 3.65. The molecule has 4 nitrogen and oxygen atoms in total. The first-order chi connectivity index (χ1) is 9.74. The molecular weight excluding hydrogens is 250 g/mol. The fraction of sp³-hybridized carbons (Fsp3) is 0.438. The van der Waals surface area contributed by atoms with Crippen LogP contribution in [0.1, 0.15) is 29.6 Å². The molecule has 2 fully saturated rings. The van der Waals surface area contributed by atoms with Crippen LogP contribution in [-0.2, 0) is 0 Å². The van der Waals surface area contributed by atoms with E-state index >= 15 is 0 Å². The highest BCUT2D eigenvalue weighted by molar-refractivity contribution is 5.96. The molecule has 4 heteroatoms. The summed E-state index contributed by atoms with van der Waals surface area (Å²) in [6.45, 7) is 3.33. The number of carbonyl (C=O) groups is 1. The van der Waals surface area contributed by atoms with Gasteiger partial charge in [0.05, 0.1) is 11.1 Å². The molecule has 0 spiro atoms. The maximum atomic E-state index is 12.5. The van der Waals surface area contributed by atoms with Crippen LogP contribution in [0, 0.1) is 0 Å². The van der Waals surface area contributed by atoms with Gasteiger partial charge in [-0.05, 0) is 44.0 Å². The van der Waals surface area contributed by atoms with Crippen LogP contribution in [0.2, 0.25) is 0 Å². The van der Waals surface area contributed by atoms with Gasteiger partial charge in [-0.2, -0.15) is 0 Å². The molecular formula is C16H19N3O. The van der Waals surface area contributed by atoms with Crippen LogP contribution in [0.15, 0.2) is 36.7 Å². The monoisotopic (exact) mass is 269 g/mol. The Morgan fingerprint density at radius 2 is 2.20 bits per heavy atom. The number of nitrogens with zero attached hydrogens (tertiary/aromatic N) is 2. The van der Waals surface area contributed by atoms with E-state index in [4.69, 9.17) is 0 Å². The lowest BCUT2D eigenvalue weighted by Crippen LogP contribution is -2.52. The summed E-state index contributed by atoms with van der Waals surface area (Å²) in [5.41, 5.74) is 1.84. The number of nitrogens with one attached hydrogen (secondary N) is 1. The summed E-state index contributed by atoms with van der Waals surface area (Å²) in [4.78, 5) is 15.0. The number of pyridine rings is 1. The molecule has 1 amide bonds. The molecule has 0 aliphatic carbocycles. The van der Waals surface area contributed by atoms with Gasteiger partial charge in [0.1, 0.15) is 0 Å². The number of amides is 1. The number of hydrogen-bond acceptors (Lipinski definition) is 2. The first-order valence-electron chi connectivity index (χ1n) is 7.36. The quantitative estimate of drug-likeness (QED) is 0.904. The normalized spacial score (nSPS) is 28.7. The van der Waals surface area contributed by atoms with E-state index in [1.807, 2.05) is 41.1 Å². The van der Waals surface area contributed by atoms with Gasteiger partial charge in [-0.3, -0.25) is 4.79 Å². The van der Waals surface area contributed by atoms with Crippen molar-refractivity contribution in [3.63, 3.8) is 0 Å². The molecule has 0 radical (unpaired) electrons. The van der Waals surface area contributed by atoms with Crippen molar-refractivity contribution in [3.8, 4) is 0 Å². The van der Waals surface area contributed by atoms with Crippen LogP contribution >= 0.6 is 0 Å². The highest BCUT2D eigenvalue weighted by Crippen LogP contribution is 2.31. The maximum Gasteiger partial charge on any atom is 0.253 e. The molecule has 1 N–H and O–H groups in total. The lowest BCUT2D eigenvalue weighted by Gasteiger charge is -2.34. The second-order valence-electron chi connectivity index (χ2n) is 6.13. The highest BCUT2D eigenvalue weighted by Gasteiger charge is 2.41. The average Bonchev–Trinajstić information content (AvgIpc) is 3.00. The Bertz CT molecular complexity index is 626. The van der Waals surface area contributed by atoms with Crippen molar-refractivity contribution in [2.24, 2.45) is 0 Å². The zero-order chi connectivity index (χ0) is 13.6. The molecule has 0 saturated carbocycles. The Balaban J connectivity index is 1.58. The van der Waals surface area contributed by atoms with Crippen molar-refractivity contribution in [3.05, 3.63) is 42.2 Å². The van der Waals surface area contributed by atoms with Crippen molar-refractivity contribution < 1.29 is 4.79 Å². The number of carbonyl (C=O) groups excluding carboxylic acids is 1. The Labute approximate surface area is 118 Å². The molecule has 4 heterocycles. The fourth-order valence-corrected chi connectivity index (χ4v) is 3.65. The molecule has 2 bridgehead atoms. The molecule has 2 atom stereocenters. The van der Waals surface area contributed by atoms with Crippen molar-refractivity contribution >= 4 is 11.4 Å². The lowest BCUT2D eigenvalue weighted by atomic mass is 9.90. The molecule has 4 rings (SSSR count). The Morgan fingerprint density at radius 1 is 1.25 bits per heavy atom. The van der Waals surface area contributed by atoms with Gasteiger partial charge in [-0.15, -0.1) is 0 Å². The predicted octanol–water partition coefficient (Wildman–Crippen LogP) is 1.91. The van der Waals surface area contributed by atoms with Gasteiger partial charge in [-0.25, -0.2) is 0 Å². The van der Waals surface area contributed by atoms with Crippen molar-refractivity contribution in [2.75, 3.05) is 19.6 Å². The van der Waals surface area contributed by atoms with E-state index in [1.165, 1.54) is 13.0 Å². The molecule has 2 unspecified atom stereocenters. The van der Waals surface area contributed by atoms with E-state index in [2.05, 4.69) is 10.2 Å². The van der Waals surface area contributed by atoms with E-state index < -0.39 is 0 Å². The zero-order valence-electron chi connectivity index (χ0n) is 11.5. The third-order valence-electron chi connectivity index (χ3n) is 4.71. The number of piperidine rings is 1. The third kappa shape index (κ3) is 1.91. The van der Waals surface area contributed by atoms with Crippen LogP contribution in [0.25, 0.3) is 5.52 Å². The van der Waals surface area contributed by atoms with Crippen LogP contribution in [-0.4, -0.2) is 40.4 Å². The molecule has 2 aliphatic rings. The second kappa shape index (κ2) is 4.35. The smallest absolute Gasteiger partial charge is 0.253 e. The van der Waals surface area contributed by atoms with Crippen molar-refractivity contribution in [1.29, 1.82) is 0 Å². The molecule has 2 aromatic heterocycles. The van der Waals surface area contributed by atoms with Gasteiger partial charge in [0.15, 0.2) is 0 Å². The summed E-state index contributed by atoms with van der Waals surface area (Å²) < 4.78 is 1.99. The first kappa shape index (κ1) is 12.0. The molecule has 2 aliphatic heterocycles. The summed E-state index contributed by atoms with van der Waals surface area (Å²) in [6, 6.07) is 7.95. The Kier molecular flexibility index (Phi) is 2.60. The van der Waals surface area contributed by atoms with Crippen molar-refractivity contribution in [1.82, 2.24) is 14.6 Å². The van der Waals surface area contributed by atoms with Gasteiger partial charge >= 0.3 is 0 Å². The van der Waals surface area contributed by atoms with Gasteiger partial charge in [0.25, 0.3) is 5.91 Å². The number of rotatable bonds is 2. The minimum Gasteiger partial charge on any atom is -0.345 e. The summed E-state index contributed by atoms with van der Waals surface area (Å²) >= 11 is 0. The number of hydrogen-bond donors (Lipinski definition) is 1. The standard InChI is InChI=1S/C16H19N3O/c20-15(13-10-14-4-1-2-8-19(14)11-13)17-16-5-3-7-18(12-16)9-6-16/h1-2,4,8,10-11H,3,5-7,9,12H2,(H,17,20). The van der Waals surface area contributed by atoms with Crippen LogP contribution in [0.5, 0.6) is 0 Å². The van der Waals surface area contributed by atoms with Gasteiger partial charge in [0.2, 0.25) is 0 Å². The second-order valence-corrected chi connectivity index (χ2v) is 6.13. The first-order valence-corrected chi connectivity index (χ1v) is 7.36. The van der Waals surface area contributed by atoms with Gasteiger partial charge < -0.3 is 14.6 Å². The summed E-state index contributed by atoms with van der Waals surface area (Å²) in [5.74, 6) is 0.0671.